The van der Waals surface area contributed by atoms with Gasteiger partial charge in [-0.2, -0.15) is 13.2 Å². The molecule has 1 aliphatic rings. The summed E-state index contributed by atoms with van der Waals surface area (Å²) in [6.45, 7) is 0.330. The minimum absolute atomic E-state index is 0.295. The van der Waals surface area contributed by atoms with Gasteiger partial charge in [-0.3, -0.25) is 0 Å². The van der Waals surface area contributed by atoms with Gasteiger partial charge in [0, 0.05) is 0 Å². The van der Waals surface area contributed by atoms with Crippen LogP contribution in [0, 0.1) is 0 Å². The highest BCUT2D eigenvalue weighted by Gasteiger charge is 2.32. The molecule has 0 aliphatic heterocycles. The number of nitrogens with two attached hydrogens (primary N) is 1. The summed E-state index contributed by atoms with van der Waals surface area (Å²) in [5, 5.41) is 0. The van der Waals surface area contributed by atoms with Crippen molar-refractivity contribution in [3.8, 4) is 5.75 Å². The Morgan fingerprint density at radius 3 is 2.42 bits per heavy atom. The van der Waals surface area contributed by atoms with Crippen molar-refractivity contribution in [2.75, 3.05) is 6.61 Å². The monoisotopic (exact) mass is 337 g/mol. The van der Waals surface area contributed by atoms with Gasteiger partial charge in [-0.1, -0.05) is 12.8 Å². The second-order valence-electron chi connectivity index (χ2n) is 5.00. The van der Waals surface area contributed by atoms with Gasteiger partial charge >= 0.3 is 6.18 Å². The van der Waals surface area contributed by atoms with Crippen molar-refractivity contribution in [2.45, 2.75) is 37.4 Å². The highest BCUT2D eigenvalue weighted by Crippen LogP contribution is 2.35. The Bertz CT molecular complexity index is 456. The molecule has 19 heavy (non-hydrogen) atoms. The van der Waals surface area contributed by atoms with Crippen LogP contribution in [-0.2, 0) is 6.18 Å². The van der Waals surface area contributed by atoms with Crippen LogP contribution in [0.15, 0.2) is 22.7 Å². The van der Waals surface area contributed by atoms with E-state index in [4.69, 9.17) is 10.5 Å². The molecule has 1 aromatic carbocycles. The van der Waals surface area contributed by atoms with Crippen molar-refractivity contribution in [2.24, 2.45) is 5.73 Å². The molecule has 0 unspecified atom stereocenters. The third-order valence-corrected chi connectivity index (χ3v) is 3.99. The zero-order valence-electron chi connectivity index (χ0n) is 10.3. The number of benzene rings is 1. The Morgan fingerprint density at radius 2 is 1.89 bits per heavy atom. The first-order valence-electron chi connectivity index (χ1n) is 6.09. The quantitative estimate of drug-likeness (QED) is 0.900. The van der Waals surface area contributed by atoms with Gasteiger partial charge in [0.2, 0.25) is 0 Å². The predicted octanol–water partition coefficient (Wildman–Crippen LogP) is 4.12. The van der Waals surface area contributed by atoms with Crippen molar-refractivity contribution in [3.05, 3.63) is 28.2 Å². The topological polar surface area (TPSA) is 35.2 Å². The Labute approximate surface area is 118 Å². The highest BCUT2D eigenvalue weighted by atomic mass is 79.9. The molecular formula is C13H15BrF3NO. The van der Waals surface area contributed by atoms with Crippen LogP contribution in [0.1, 0.15) is 31.2 Å². The summed E-state index contributed by atoms with van der Waals surface area (Å²) in [7, 11) is 0. The maximum absolute atomic E-state index is 12.5. The van der Waals surface area contributed by atoms with Gasteiger partial charge in [-0.05, 0) is 47.0 Å². The van der Waals surface area contributed by atoms with Crippen molar-refractivity contribution >= 4 is 15.9 Å². The molecule has 1 aromatic rings. The molecule has 0 heterocycles. The zero-order chi connectivity index (χ0) is 14.1. The highest BCUT2D eigenvalue weighted by molar-refractivity contribution is 9.10. The molecule has 2 nitrogen and oxygen atoms in total. The van der Waals surface area contributed by atoms with E-state index >= 15 is 0 Å². The van der Waals surface area contributed by atoms with Crippen molar-refractivity contribution in [1.29, 1.82) is 0 Å². The first-order valence-corrected chi connectivity index (χ1v) is 6.88. The van der Waals surface area contributed by atoms with Crippen molar-refractivity contribution < 1.29 is 17.9 Å². The number of halogens is 4. The van der Waals surface area contributed by atoms with Crippen LogP contribution in [0.4, 0.5) is 13.2 Å². The van der Waals surface area contributed by atoms with Crippen molar-refractivity contribution in [1.82, 2.24) is 0 Å². The molecule has 0 bridgehead atoms. The summed E-state index contributed by atoms with van der Waals surface area (Å²) in [5.74, 6) is 0.393. The normalized spacial score (nSPS) is 18.6. The Balaban J connectivity index is 2.05. The second-order valence-corrected chi connectivity index (χ2v) is 5.86. The molecule has 106 valence electrons. The molecule has 1 aliphatic carbocycles. The summed E-state index contributed by atoms with van der Waals surface area (Å²) in [4.78, 5) is 0. The molecule has 0 amide bonds. The molecule has 6 heteroatoms. The van der Waals surface area contributed by atoms with E-state index in [1.54, 1.807) is 0 Å². The van der Waals surface area contributed by atoms with Crippen LogP contribution in [0.25, 0.3) is 0 Å². The molecule has 1 saturated carbocycles. The predicted molar refractivity (Wildman–Crippen MR) is 70.0 cm³/mol. The van der Waals surface area contributed by atoms with E-state index in [0.717, 1.165) is 37.8 Å². The van der Waals surface area contributed by atoms with Gasteiger partial charge in [-0.25, -0.2) is 0 Å². The second kappa shape index (κ2) is 5.32. The minimum atomic E-state index is -4.35. The Morgan fingerprint density at radius 1 is 1.26 bits per heavy atom. The number of hydrogen-bond acceptors (Lipinski definition) is 2. The maximum atomic E-state index is 12.5. The Kier molecular flexibility index (Phi) is 4.11. The molecule has 0 spiro atoms. The summed E-state index contributed by atoms with van der Waals surface area (Å²) < 4.78 is 43.4. The van der Waals surface area contributed by atoms with E-state index in [2.05, 4.69) is 15.9 Å². The van der Waals surface area contributed by atoms with E-state index in [1.807, 2.05) is 0 Å². The molecule has 2 N–H and O–H groups in total. The average Bonchev–Trinajstić information content (AvgIpc) is 2.74. The van der Waals surface area contributed by atoms with E-state index in [-0.39, 0.29) is 5.54 Å². The minimum Gasteiger partial charge on any atom is -0.490 e. The molecule has 0 aromatic heterocycles. The summed E-state index contributed by atoms with van der Waals surface area (Å²) in [6, 6.07) is 3.36. The van der Waals surface area contributed by atoms with Gasteiger partial charge in [0.1, 0.15) is 12.4 Å². The number of alkyl halides is 3. The smallest absolute Gasteiger partial charge is 0.416 e. The van der Waals surface area contributed by atoms with E-state index in [1.165, 1.54) is 6.07 Å². The molecule has 1 fully saturated rings. The van der Waals surface area contributed by atoms with Crippen LogP contribution in [0.2, 0.25) is 0 Å². The summed E-state index contributed by atoms with van der Waals surface area (Å²) in [6.07, 6.45) is -0.403. The van der Waals surface area contributed by atoms with Gasteiger partial charge < -0.3 is 10.5 Å². The lowest BCUT2D eigenvalue weighted by Gasteiger charge is -2.24. The van der Waals surface area contributed by atoms with Crippen molar-refractivity contribution in [3.63, 3.8) is 0 Å². The zero-order valence-corrected chi connectivity index (χ0v) is 11.9. The van der Waals surface area contributed by atoms with Crippen LogP contribution in [0.5, 0.6) is 5.75 Å². The molecule has 2 rings (SSSR count). The van der Waals surface area contributed by atoms with E-state index in [9.17, 15) is 13.2 Å². The first kappa shape index (κ1) is 14.7. The van der Waals surface area contributed by atoms with Gasteiger partial charge in [-0.15, -0.1) is 0 Å². The maximum Gasteiger partial charge on any atom is 0.416 e. The van der Waals surface area contributed by atoms with Gasteiger partial charge in [0.15, 0.2) is 0 Å². The van der Waals surface area contributed by atoms with Crippen LogP contribution in [-0.4, -0.2) is 12.1 Å². The lowest BCUT2D eigenvalue weighted by molar-refractivity contribution is -0.137. The number of ether oxygens (including phenoxy) is 1. The fraction of sp³-hybridized carbons (Fsp3) is 0.538. The first-order chi connectivity index (χ1) is 8.80. The van der Waals surface area contributed by atoms with Crippen LogP contribution >= 0.6 is 15.9 Å². The number of rotatable bonds is 3. The fourth-order valence-corrected chi connectivity index (χ4v) is 2.73. The third kappa shape index (κ3) is 3.63. The van der Waals surface area contributed by atoms with Gasteiger partial charge in [0.05, 0.1) is 15.6 Å². The largest absolute Gasteiger partial charge is 0.490 e. The molecule has 0 radical (unpaired) electrons. The lowest BCUT2D eigenvalue weighted by Crippen LogP contribution is -2.42. The summed E-state index contributed by atoms with van der Waals surface area (Å²) >= 11 is 3.10. The molecule has 0 atom stereocenters. The van der Waals surface area contributed by atoms with Crippen LogP contribution in [0.3, 0.4) is 0 Å². The Hall–Kier alpha value is -0.750. The summed E-state index contributed by atoms with van der Waals surface area (Å²) in [5.41, 5.74) is 5.09. The molecule has 0 saturated heterocycles. The van der Waals surface area contributed by atoms with Gasteiger partial charge in [0.25, 0.3) is 0 Å². The average molecular weight is 338 g/mol. The SMILES string of the molecule is NC1(COc2ccc(C(F)(F)F)cc2Br)CCCC1. The number of hydrogen-bond donors (Lipinski definition) is 1. The van der Waals surface area contributed by atoms with Crippen LogP contribution < -0.4 is 10.5 Å². The standard InChI is InChI=1S/C13H15BrF3NO/c14-10-7-9(13(15,16)17)3-4-11(10)19-8-12(18)5-1-2-6-12/h3-4,7H,1-2,5-6,8,18H2. The van der Waals surface area contributed by atoms with E-state index < -0.39 is 11.7 Å². The lowest BCUT2D eigenvalue weighted by atomic mass is 10.0. The fourth-order valence-electron chi connectivity index (χ4n) is 2.24. The third-order valence-electron chi connectivity index (χ3n) is 3.37. The van der Waals surface area contributed by atoms with E-state index in [0.29, 0.717) is 16.8 Å². The molecular weight excluding hydrogens is 323 g/mol.